The number of hydrogen-bond donors (Lipinski definition) is 1. The zero-order chi connectivity index (χ0) is 13.8. The minimum Gasteiger partial charge on any atom is -0.352 e. The van der Waals surface area contributed by atoms with Crippen LogP contribution in [0.2, 0.25) is 0 Å². The van der Waals surface area contributed by atoms with Gasteiger partial charge in [0.05, 0.1) is 11.9 Å². The molecular weight excluding hydrogens is 262 g/mol. The number of carbonyl (C=O) groups is 1. The molecule has 1 aromatic heterocycles. The predicted octanol–water partition coefficient (Wildman–Crippen LogP) is 2.68. The van der Waals surface area contributed by atoms with Gasteiger partial charge in [-0.3, -0.25) is 4.79 Å². The van der Waals surface area contributed by atoms with Gasteiger partial charge in [-0.1, -0.05) is 18.2 Å². The van der Waals surface area contributed by atoms with Gasteiger partial charge in [0.2, 0.25) is 5.91 Å². The molecule has 19 heavy (non-hydrogen) atoms. The highest BCUT2D eigenvalue weighted by molar-refractivity contribution is 6.30. The summed E-state index contributed by atoms with van der Waals surface area (Å²) in [5, 5.41) is 6.28. The SMILES string of the molecule is CC(C)NC(=O)C(Cl)c1cnn(-c2ccccc2)c1. The highest BCUT2D eigenvalue weighted by atomic mass is 35.5. The van der Waals surface area contributed by atoms with Crippen LogP contribution in [-0.4, -0.2) is 21.7 Å². The number of benzene rings is 1. The van der Waals surface area contributed by atoms with Crippen LogP contribution in [-0.2, 0) is 4.79 Å². The van der Waals surface area contributed by atoms with E-state index >= 15 is 0 Å². The second-order valence-corrected chi connectivity index (χ2v) is 5.02. The third-order valence-corrected chi connectivity index (χ3v) is 3.03. The number of hydrogen-bond acceptors (Lipinski definition) is 2. The first-order chi connectivity index (χ1) is 9.08. The Kier molecular flexibility index (Phi) is 4.22. The molecule has 1 atom stereocenters. The van der Waals surface area contributed by atoms with E-state index < -0.39 is 5.38 Å². The van der Waals surface area contributed by atoms with Gasteiger partial charge in [0.15, 0.2) is 0 Å². The predicted molar refractivity (Wildman–Crippen MR) is 75.4 cm³/mol. The van der Waals surface area contributed by atoms with E-state index in [1.165, 1.54) is 0 Å². The molecule has 0 bridgehead atoms. The lowest BCUT2D eigenvalue weighted by Crippen LogP contribution is -2.32. The number of nitrogens with zero attached hydrogens (tertiary/aromatic N) is 2. The van der Waals surface area contributed by atoms with Gasteiger partial charge in [0.1, 0.15) is 5.38 Å². The average molecular weight is 278 g/mol. The average Bonchev–Trinajstić information content (AvgIpc) is 2.87. The Balaban J connectivity index is 2.15. The van der Waals surface area contributed by atoms with E-state index in [4.69, 9.17) is 11.6 Å². The lowest BCUT2D eigenvalue weighted by molar-refractivity contribution is -0.121. The van der Waals surface area contributed by atoms with Crippen molar-refractivity contribution in [2.75, 3.05) is 0 Å². The number of carbonyl (C=O) groups excluding carboxylic acids is 1. The molecule has 1 aromatic carbocycles. The Bertz CT molecular complexity index is 551. The minimum atomic E-state index is -0.722. The van der Waals surface area contributed by atoms with Gasteiger partial charge in [0.25, 0.3) is 0 Å². The molecule has 0 radical (unpaired) electrons. The molecule has 0 fully saturated rings. The number of halogens is 1. The van der Waals surface area contributed by atoms with Crippen LogP contribution in [0.15, 0.2) is 42.7 Å². The fourth-order valence-corrected chi connectivity index (χ4v) is 1.87. The van der Waals surface area contributed by atoms with Crippen molar-refractivity contribution >= 4 is 17.5 Å². The zero-order valence-electron chi connectivity index (χ0n) is 10.9. The van der Waals surface area contributed by atoms with Crippen molar-refractivity contribution in [3.63, 3.8) is 0 Å². The van der Waals surface area contributed by atoms with Crippen LogP contribution in [0.3, 0.4) is 0 Å². The van der Waals surface area contributed by atoms with E-state index in [0.717, 1.165) is 5.69 Å². The first-order valence-corrected chi connectivity index (χ1v) is 6.56. The quantitative estimate of drug-likeness (QED) is 0.874. The van der Waals surface area contributed by atoms with Gasteiger partial charge in [-0.05, 0) is 26.0 Å². The van der Waals surface area contributed by atoms with Crippen molar-refractivity contribution in [1.29, 1.82) is 0 Å². The maximum atomic E-state index is 11.8. The second kappa shape index (κ2) is 5.89. The molecule has 4 nitrogen and oxygen atoms in total. The normalized spacial score (nSPS) is 12.4. The summed E-state index contributed by atoms with van der Waals surface area (Å²) in [6.45, 7) is 3.80. The summed E-state index contributed by atoms with van der Waals surface area (Å²) in [6.07, 6.45) is 3.39. The molecule has 1 N–H and O–H groups in total. The molecule has 1 amide bonds. The summed E-state index contributed by atoms with van der Waals surface area (Å²) < 4.78 is 1.70. The van der Waals surface area contributed by atoms with Crippen LogP contribution in [0, 0.1) is 0 Å². The third-order valence-electron chi connectivity index (χ3n) is 2.58. The molecule has 0 spiro atoms. The lowest BCUT2D eigenvalue weighted by Gasteiger charge is -2.11. The van der Waals surface area contributed by atoms with Crippen LogP contribution in [0.1, 0.15) is 24.8 Å². The monoisotopic (exact) mass is 277 g/mol. The van der Waals surface area contributed by atoms with Gasteiger partial charge >= 0.3 is 0 Å². The van der Waals surface area contributed by atoms with Gasteiger partial charge in [-0.2, -0.15) is 5.10 Å². The molecular formula is C14H16ClN3O. The van der Waals surface area contributed by atoms with Gasteiger partial charge in [-0.25, -0.2) is 4.68 Å². The summed E-state index contributed by atoms with van der Waals surface area (Å²) in [5.41, 5.74) is 1.62. The summed E-state index contributed by atoms with van der Waals surface area (Å²) >= 11 is 6.14. The fraction of sp³-hybridized carbons (Fsp3) is 0.286. The van der Waals surface area contributed by atoms with Crippen molar-refractivity contribution in [2.24, 2.45) is 0 Å². The summed E-state index contributed by atoms with van der Waals surface area (Å²) in [5.74, 6) is -0.204. The molecule has 0 aliphatic carbocycles. The number of nitrogens with one attached hydrogen (secondary N) is 1. The van der Waals surface area contributed by atoms with Crippen molar-refractivity contribution in [2.45, 2.75) is 25.3 Å². The van der Waals surface area contributed by atoms with Crippen molar-refractivity contribution in [3.05, 3.63) is 48.3 Å². The number of amides is 1. The zero-order valence-corrected chi connectivity index (χ0v) is 11.6. The second-order valence-electron chi connectivity index (χ2n) is 4.58. The maximum absolute atomic E-state index is 11.8. The third kappa shape index (κ3) is 3.35. The van der Waals surface area contributed by atoms with Crippen LogP contribution in [0.5, 0.6) is 0 Å². The summed E-state index contributed by atoms with van der Waals surface area (Å²) in [4.78, 5) is 11.8. The van der Waals surface area contributed by atoms with Crippen LogP contribution in [0.4, 0.5) is 0 Å². The molecule has 0 aliphatic heterocycles. The highest BCUT2D eigenvalue weighted by Crippen LogP contribution is 2.21. The highest BCUT2D eigenvalue weighted by Gasteiger charge is 2.20. The largest absolute Gasteiger partial charge is 0.352 e. The Morgan fingerprint density at radius 3 is 2.63 bits per heavy atom. The summed E-state index contributed by atoms with van der Waals surface area (Å²) in [6, 6.07) is 9.75. The van der Waals surface area contributed by atoms with E-state index in [0.29, 0.717) is 5.56 Å². The van der Waals surface area contributed by atoms with Crippen molar-refractivity contribution in [3.8, 4) is 5.69 Å². The first kappa shape index (κ1) is 13.6. The molecule has 2 aromatic rings. The standard InChI is InChI=1S/C14H16ClN3O/c1-10(2)17-14(19)13(15)11-8-16-18(9-11)12-6-4-3-5-7-12/h3-10,13H,1-2H3,(H,17,19). The molecule has 0 saturated carbocycles. The molecule has 100 valence electrons. The Labute approximate surface area is 117 Å². The molecule has 1 unspecified atom stereocenters. The Morgan fingerprint density at radius 1 is 1.32 bits per heavy atom. The first-order valence-electron chi connectivity index (χ1n) is 6.12. The molecule has 1 heterocycles. The Morgan fingerprint density at radius 2 is 2.00 bits per heavy atom. The fourth-order valence-electron chi connectivity index (χ4n) is 1.70. The Hall–Kier alpha value is -1.81. The number of rotatable bonds is 4. The van der Waals surface area contributed by atoms with Crippen LogP contribution >= 0.6 is 11.6 Å². The van der Waals surface area contributed by atoms with E-state index in [-0.39, 0.29) is 11.9 Å². The van der Waals surface area contributed by atoms with E-state index in [1.54, 1.807) is 17.1 Å². The van der Waals surface area contributed by atoms with Crippen LogP contribution < -0.4 is 5.32 Å². The maximum Gasteiger partial charge on any atom is 0.242 e. The molecule has 0 saturated heterocycles. The minimum absolute atomic E-state index is 0.0675. The summed E-state index contributed by atoms with van der Waals surface area (Å²) in [7, 11) is 0. The molecule has 0 aliphatic rings. The smallest absolute Gasteiger partial charge is 0.242 e. The number of alkyl halides is 1. The van der Waals surface area contributed by atoms with E-state index in [9.17, 15) is 4.79 Å². The van der Waals surface area contributed by atoms with Crippen molar-refractivity contribution < 1.29 is 4.79 Å². The number of aromatic nitrogens is 2. The number of para-hydroxylation sites is 1. The van der Waals surface area contributed by atoms with Gasteiger partial charge in [0, 0.05) is 17.8 Å². The van der Waals surface area contributed by atoms with Gasteiger partial charge < -0.3 is 5.32 Å². The topological polar surface area (TPSA) is 46.9 Å². The van der Waals surface area contributed by atoms with E-state index in [2.05, 4.69) is 10.4 Å². The van der Waals surface area contributed by atoms with E-state index in [1.807, 2.05) is 44.2 Å². The molecule has 5 heteroatoms. The van der Waals surface area contributed by atoms with Crippen LogP contribution in [0.25, 0.3) is 5.69 Å². The molecule has 2 rings (SSSR count). The van der Waals surface area contributed by atoms with Crippen molar-refractivity contribution in [1.82, 2.24) is 15.1 Å². The van der Waals surface area contributed by atoms with Gasteiger partial charge in [-0.15, -0.1) is 11.6 Å². The lowest BCUT2D eigenvalue weighted by atomic mass is 10.2.